The van der Waals surface area contributed by atoms with E-state index in [0.29, 0.717) is 37.7 Å². The average molecular weight is 436 g/mol. The quantitative estimate of drug-likeness (QED) is 0.634. The molecule has 1 fully saturated rings. The Morgan fingerprint density at radius 1 is 1.17 bits per heavy atom. The van der Waals surface area contributed by atoms with Crippen molar-refractivity contribution >= 4 is 40.0 Å². The molecule has 0 unspecified atom stereocenters. The van der Waals surface area contributed by atoms with Crippen LogP contribution < -0.4 is 15.0 Å². The lowest BCUT2D eigenvalue weighted by atomic mass is 10.3. The van der Waals surface area contributed by atoms with Gasteiger partial charge in [-0.15, -0.1) is 10.2 Å². The van der Waals surface area contributed by atoms with Gasteiger partial charge in [-0.05, 0) is 26.0 Å². The van der Waals surface area contributed by atoms with Gasteiger partial charge >= 0.3 is 0 Å². The fourth-order valence-corrected chi connectivity index (χ4v) is 4.48. The zero-order valence-electron chi connectivity index (χ0n) is 16.5. The molecule has 2 heterocycles. The van der Waals surface area contributed by atoms with Gasteiger partial charge in [-0.2, -0.15) is 0 Å². The highest BCUT2D eigenvalue weighted by atomic mass is 32.2. The Hall–Kier alpha value is -2.33. The average Bonchev–Trinajstić information content (AvgIpc) is 3.20. The molecule has 1 aliphatic rings. The Kier molecular flexibility index (Phi) is 7.70. The SMILES string of the molecule is CC(C)NC(=O)CSc1nnc(N2CCN(C(=O)COc3ccccc3)CC2)s1. The van der Waals surface area contributed by atoms with Crippen LogP contribution in [0.3, 0.4) is 0 Å². The minimum atomic E-state index is -0.0156. The fourth-order valence-electron chi connectivity index (χ4n) is 2.78. The van der Waals surface area contributed by atoms with Crippen molar-refractivity contribution in [2.24, 2.45) is 0 Å². The van der Waals surface area contributed by atoms with E-state index in [1.807, 2.05) is 49.1 Å². The third-order valence-corrected chi connectivity index (χ3v) is 6.30. The number of carbonyl (C=O) groups is 2. The molecule has 0 aliphatic carbocycles. The van der Waals surface area contributed by atoms with Crippen molar-refractivity contribution in [3.05, 3.63) is 30.3 Å². The Labute approximate surface area is 178 Å². The molecule has 2 amide bonds. The maximum atomic E-state index is 12.4. The van der Waals surface area contributed by atoms with E-state index < -0.39 is 0 Å². The second-order valence-corrected chi connectivity index (χ2v) is 9.01. The molecule has 0 radical (unpaired) electrons. The Morgan fingerprint density at radius 3 is 2.59 bits per heavy atom. The van der Waals surface area contributed by atoms with Crippen molar-refractivity contribution in [2.75, 3.05) is 43.4 Å². The minimum absolute atomic E-state index is 0.00778. The van der Waals surface area contributed by atoms with E-state index in [9.17, 15) is 9.59 Å². The summed E-state index contributed by atoms with van der Waals surface area (Å²) in [6.45, 7) is 6.55. The van der Waals surface area contributed by atoms with Crippen LogP contribution in [-0.2, 0) is 9.59 Å². The van der Waals surface area contributed by atoms with Gasteiger partial charge in [0.15, 0.2) is 10.9 Å². The van der Waals surface area contributed by atoms with E-state index in [-0.39, 0.29) is 24.5 Å². The van der Waals surface area contributed by atoms with Gasteiger partial charge in [-0.3, -0.25) is 9.59 Å². The zero-order valence-corrected chi connectivity index (χ0v) is 18.2. The Morgan fingerprint density at radius 2 is 1.90 bits per heavy atom. The van der Waals surface area contributed by atoms with Crippen molar-refractivity contribution in [1.82, 2.24) is 20.4 Å². The van der Waals surface area contributed by atoms with Crippen molar-refractivity contribution in [3.8, 4) is 5.75 Å². The number of para-hydroxylation sites is 1. The number of piperazine rings is 1. The van der Waals surface area contributed by atoms with Gasteiger partial charge < -0.3 is 19.9 Å². The van der Waals surface area contributed by atoms with E-state index in [1.165, 1.54) is 23.1 Å². The molecule has 2 aromatic rings. The third kappa shape index (κ3) is 6.60. The second kappa shape index (κ2) is 10.4. The highest BCUT2D eigenvalue weighted by Crippen LogP contribution is 2.28. The molecule has 1 N–H and O–H groups in total. The number of aromatic nitrogens is 2. The first kappa shape index (κ1) is 21.4. The number of hydrogen-bond donors (Lipinski definition) is 1. The molecule has 0 spiro atoms. The summed E-state index contributed by atoms with van der Waals surface area (Å²) in [7, 11) is 0. The third-order valence-electron chi connectivity index (χ3n) is 4.18. The van der Waals surface area contributed by atoms with Crippen molar-refractivity contribution in [3.63, 3.8) is 0 Å². The number of benzene rings is 1. The lowest BCUT2D eigenvalue weighted by Crippen LogP contribution is -2.50. The predicted molar refractivity (Wildman–Crippen MR) is 115 cm³/mol. The molecular formula is C19H25N5O3S2. The summed E-state index contributed by atoms with van der Waals surface area (Å²) in [5.41, 5.74) is 0. The summed E-state index contributed by atoms with van der Waals surface area (Å²) in [5, 5.41) is 12.1. The van der Waals surface area contributed by atoms with E-state index >= 15 is 0 Å². The normalized spacial score (nSPS) is 14.2. The maximum Gasteiger partial charge on any atom is 0.260 e. The maximum absolute atomic E-state index is 12.4. The number of nitrogens with zero attached hydrogens (tertiary/aromatic N) is 4. The van der Waals surface area contributed by atoms with Gasteiger partial charge in [0.25, 0.3) is 5.91 Å². The van der Waals surface area contributed by atoms with Gasteiger partial charge in [0.2, 0.25) is 11.0 Å². The standard InChI is InChI=1S/C19H25N5O3S2/c1-14(2)20-16(25)13-28-19-22-21-18(29-19)24-10-8-23(9-11-24)17(26)12-27-15-6-4-3-5-7-15/h3-7,14H,8-13H2,1-2H3,(H,20,25). The number of rotatable bonds is 8. The molecule has 0 atom stereocenters. The largest absolute Gasteiger partial charge is 0.484 e. The monoisotopic (exact) mass is 435 g/mol. The van der Waals surface area contributed by atoms with Crippen LogP contribution in [0.25, 0.3) is 0 Å². The first-order chi connectivity index (χ1) is 14.0. The summed E-state index contributed by atoms with van der Waals surface area (Å²) in [6.07, 6.45) is 0. The topological polar surface area (TPSA) is 87.7 Å². The summed E-state index contributed by atoms with van der Waals surface area (Å²) < 4.78 is 6.32. The van der Waals surface area contributed by atoms with Gasteiger partial charge in [0.05, 0.1) is 5.75 Å². The molecular weight excluding hydrogens is 410 g/mol. The lowest BCUT2D eigenvalue weighted by Gasteiger charge is -2.34. The van der Waals surface area contributed by atoms with E-state index in [4.69, 9.17) is 4.74 Å². The molecule has 0 saturated carbocycles. The highest BCUT2D eigenvalue weighted by Gasteiger charge is 2.23. The van der Waals surface area contributed by atoms with Crippen LogP contribution in [-0.4, -0.2) is 71.5 Å². The number of ether oxygens (including phenoxy) is 1. The molecule has 1 saturated heterocycles. The van der Waals surface area contributed by atoms with Crippen LogP contribution in [0, 0.1) is 0 Å². The fraction of sp³-hybridized carbons (Fsp3) is 0.474. The van der Waals surface area contributed by atoms with Crippen LogP contribution in [0.1, 0.15) is 13.8 Å². The molecule has 0 bridgehead atoms. The van der Waals surface area contributed by atoms with Crippen LogP contribution in [0.5, 0.6) is 5.75 Å². The van der Waals surface area contributed by atoms with E-state index in [1.54, 1.807) is 0 Å². The van der Waals surface area contributed by atoms with Crippen molar-refractivity contribution < 1.29 is 14.3 Å². The predicted octanol–water partition coefficient (Wildman–Crippen LogP) is 1.88. The summed E-state index contributed by atoms with van der Waals surface area (Å²) in [6, 6.07) is 9.47. The first-order valence-corrected chi connectivity index (χ1v) is 11.3. The molecule has 1 aliphatic heterocycles. The smallest absolute Gasteiger partial charge is 0.260 e. The number of carbonyl (C=O) groups excluding carboxylic acids is 2. The molecule has 10 heteroatoms. The molecule has 3 rings (SSSR count). The van der Waals surface area contributed by atoms with Crippen molar-refractivity contribution in [1.29, 1.82) is 0 Å². The number of amides is 2. The first-order valence-electron chi connectivity index (χ1n) is 9.47. The van der Waals surface area contributed by atoms with E-state index in [2.05, 4.69) is 20.4 Å². The van der Waals surface area contributed by atoms with E-state index in [0.717, 1.165) is 9.47 Å². The minimum Gasteiger partial charge on any atom is -0.484 e. The summed E-state index contributed by atoms with van der Waals surface area (Å²) in [4.78, 5) is 28.0. The van der Waals surface area contributed by atoms with Gasteiger partial charge in [-0.1, -0.05) is 41.3 Å². The summed E-state index contributed by atoms with van der Waals surface area (Å²) in [5.74, 6) is 1.00. The van der Waals surface area contributed by atoms with Crippen molar-refractivity contribution in [2.45, 2.75) is 24.2 Å². The van der Waals surface area contributed by atoms with Crippen LogP contribution in [0.2, 0.25) is 0 Å². The zero-order chi connectivity index (χ0) is 20.6. The number of nitrogens with one attached hydrogen (secondary N) is 1. The molecule has 1 aromatic carbocycles. The molecule has 29 heavy (non-hydrogen) atoms. The number of thioether (sulfide) groups is 1. The second-order valence-electron chi connectivity index (χ2n) is 6.83. The van der Waals surface area contributed by atoms with Gasteiger partial charge in [0.1, 0.15) is 5.75 Å². The Bertz CT molecular complexity index is 807. The number of hydrogen-bond acceptors (Lipinski definition) is 8. The van der Waals surface area contributed by atoms with Crippen LogP contribution in [0.15, 0.2) is 34.7 Å². The van der Waals surface area contributed by atoms with Crippen LogP contribution in [0.4, 0.5) is 5.13 Å². The summed E-state index contributed by atoms with van der Waals surface area (Å²) >= 11 is 2.87. The van der Waals surface area contributed by atoms with Gasteiger partial charge in [-0.25, -0.2) is 0 Å². The molecule has 156 valence electrons. The number of anilines is 1. The Balaban J connectivity index is 1.41. The molecule has 1 aromatic heterocycles. The lowest BCUT2D eigenvalue weighted by molar-refractivity contribution is -0.133. The van der Waals surface area contributed by atoms with Gasteiger partial charge in [0, 0.05) is 32.2 Å². The highest BCUT2D eigenvalue weighted by molar-refractivity contribution is 8.01. The van der Waals surface area contributed by atoms with Crippen LogP contribution >= 0.6 is 23.1 Å². The molecule has 8 nitrogen and oxygen atoms in total.